The van der Waals surface area contributed by atoms with E-state index in [0.717, 1.165) is 36.1 Å². The van der Waals surface area contributed by atoms with Gasteiger partial charge in [-0.15, -0.1) is 10.2 Å². The van der Waals surface area contributed by atoms with Crippen LogP contribution in [0, 0.1) is 25.6 Å². The lowest BCUT2D eigenvalue weighted by Crippen LogP contribution is -2.16. The third-order valence-corrected chi connectivity index (χ3v) is 6.57. The number of benzene rings is 1. The Labute approximate surface area is 199 Å². The quantitative estimate of drug-likeness (QED) is 0.431. The molecule has 182 valence electrons. The molecule has 0 saturated heterocycles. The summed E-state index contributed by atoms with van der Waals surface area (Å²) in [7, 11) is 0. The number of nitrogens with zero attached hydrogens (tertiary/aromatic N) is 4. The average Bonchev–Trinajstić information content (AvgIpc) is 3.36. The molecule has 0 aliphatic heterocycles. The Morgan fingerprint density at radius 3 is 2.68 bits per heavy atom. The van der Waals surface area contributed by atoms with E-state index in [0.29, 0.717) is 35.2 Å². The molecule has 0 spiro atoms. The molecular formula is C26H33FN4O3. The van der Waals surface area contributed by atoms with Gasteiger partial charge >= 0.3 is 0 Å². The zero-order chi connectivity index (χ0) is 24.4. The fourth-order valence-corrected chi connectivity index (χ4v) is 4.44. The maximum Gasteiger partial charge on any atom is 0.186 e. The molecule has 0 bridgehead atoms. The van der Waals surface area contributed by atoms with E-state index in [9.17, 15) is 14.3 Å². The number of rotatable bonds is 11. The van der Waals surface area contributed by atoms with Crippen LogP contribution in [-0.2, 0) is 17.6 Å². The van der Waals surface area contributed by atoms with Crippen LogP contribution in [0.1, 0.15) is 79.8 Å². The first kappa shape index (κ1) is 24.3. The summed E-state index contributed by atoms with van der Waals surface area (Å²) in [6.45, 7) is 7.76. The van der Waals surface area contributed by atoms with Crippen LogP contribution >= 0.6 is 0 Å². The Kier molecular flexibility index (Phi) is 7.26. The maximum atomic E-state index is 13.8. The van der Waals surface area contributed by atoms with Gasteiger partial charge in [-0.2, -0.15) is 0 Å². The van der Waals surface area contributed by atoms with Gasteiger partial charge in [0.1, 0.15) is 23.2 Å². The highest BCUT2D eigenvalue weighted by molar-refractivity contribution is 5.82. The number of halogens is 1. The van der Waals surface area contributed by atoms with Crippen LogP contribution < -0.4 is 0 Å². The molecule has 7 nitrogen and oxygen atoms in total. The number of hydrogen-bond donors (Lipinski definition) is 1. The molecule has 1 N–H and O–H groups in total. The molecule has 1 atom stereocenters. The van der Waals surface area contributed by atoms with Crippen molar-refractivity contribution in [1.29, 1.82) is 0 Å². The van der Waals surface area contributed by atoms with Gasteiger partial charge in [0.2, 0.25) is 0 Å². The minimum Gasteiger partial charge on any atom is -0.396 e. The first-order chi connectivity index (χ1) is 16.3. The lowest BCUT2D eigenvalue weighted by Gasteiger charge is -2.17. The van der Waals surface area contributed by atoms with Gasteiger partial charge in [-0.1, -0.05) is 25.1 Å². The highest BCUT2D eigenvalue weighted by atomic mass is 19.1. The van der Waals surface area contributed by atoms with E-state index >= 15 is 0 Å². The molecule has 1 fully saturated rings. The van der Waals surface area contributed by atoms with Gasteiger partial charge in [0.15, 0.2) is 11.5 Å². The van der Waals surface area contributed by atoms with Crippen LogP contribution in [0.3, 0.4) is 0 Å². The van der Waals surface area contributed by atoms with Crippen LogP contribution in [0.4, 0.5) is 4.39 Å². The van der Waals surface area contributed by atoms with Crippen molar-refractivity contribution in [3.05, 3.63) is 52.3 Å². The molecule has 3 aromatic rings. The Balaban J connectivity index is 1.58. The largest absolute Gasteiger partial charge is 0.396 e. The average molecular weight is 469 g/mol. The second-order valence-corrected chi connectivity index (χ2v) is 9.84. The first-order valence-corrected chi connectivity index (χ1v) is 12.1. The van der Waals surface area contributed by atoms with Crippen molar-refractivity contribution in [3.8, 4) is 11.5 Å². The van der Waals surface area contributed by atoms with Crippen molar-refractivity contribution in [2.45, 2.75) is 78.2 Å². The standard InChI is InChI=1S/C26H33FN4O3/c1-15(2)11-22-14-24(30-34-22)26-29-28-25(31(26)20-6-7-20)19(9-10-32)13-21(33)12-18-5-8-23(27)17(4)16(18)3/h5,8,14-15,19-20,32H,6-7,9-13H2,1-4H3/t19-/m0/s1. The summed E-state index contributed by atoms with van der Waals surface area (Å²) in [4.78, 5) is 13.0. The number of carbonyl (C=O) groups is 1. The van der Waals surface area contributed by atoms with Crippen molar-refractivity contribution in [2.24, 2.45) is 5.92 Å². The molecule has 0 amide bonds. The maximum absolute atomic E-state index is 13.8. The van der Waals surface area contributed by atoms with E-state index < -0.39 is 0 Å². The summed E-state index contributed by atoms with van der Waals surface area (Å²) in [5.74, 6) is 2.12. The summed E-state index contributed by atoms with van der Waals surface area (Å²) < 4.78 is 21.4. The van der Waals surface area contributed by atoms with Crippen LogP contribution in [-0.4, -0.2) is 37.4 Å². The van der Waals surface area contributed by atoms with Crippen LogP contribution in [0.25, 0.3) is 11.5 Å². The molecule has 1 aromatic carbocycles. The second-order valence-electron chi connectivity index (χ2n) is 9.84. The minimum absolute atomic E-state index is 0.0279. The van der Waals surface area contributed by atoms with Gasteiger partial charge in [-0.05, 0) is 61.8 Å². The molecule has 2 aromatic heterocycles. The third kappa shape index (κ3) is 5.27. The predicted octanol–water partition coefficient (Wildman–Crippen LogP) is 4.89. The Bertz CT molecular complexity index is 1160. The minimum atomic E-state index is -0.263. The smallest absolute Gasteiger partial charge is 0.186 e. The third-order valence-electron chi connectivity index (χ3n) is 6.57. The Morgan fingerprint density at radius 1 is 1.24 bits per heavy atom. The number of carbonyl (C=O) groups excluding carboxylic acids is 1. The highest BCUT2D eigenvalue weighted by Gasteiger charge is 2.34. The van der Waals surface area contributed by atoms with Gasteiger partial charge in [-0.3, -0.25) is 4.79 Å². The lowest BCUT2D eigenvalue weighted by molar-refractivity contribution is -0.118. The van der Waals surface area contributed by atoms with Crippen LogP contribution in [0.5, 0.6) is 0 Å². The molecular weight excluding hydrogens is 435 g/mol. The van der Waals surface area contributed by atoms with Crippen LogP contribution in [0.15, 0.2) is 22.7 Å². The Morgan fingerprint density at radius 2 is 2.00 bits per heavy atom. The summed E-state index contributed by atoms with van der Waals surface area (Å²) in [5, 5.41) is 22.8. The molecule has 1 saturated carbocycles. The molecule has 34 heavy (non-hydrogen) atoms. The molecule has 4 rings (SSSR count). The molecule has 0 unspecified atom stereocenters. The van der Waals surface area contributed by atoms with Gasteiger partial charge in [0.05, 0.1) is 0 Å². The van der Waals surface area contributed by atoms with Crippen molar-refractivity contribution in [2.75, 3.05) is 6.61 Å². The summed E-state index contributed by atoms with van der Waals surface area (Å²) in [6, 6.07) is 5.28. The van der Waals surface area contributed by atoms with E-state index in [-0.39, 0.29) is 43.0 Å². The Hall–Kier alpha value is -2.87. The van der Waals surface area contributed by atoms with E-state index in [2.05, 4.69) is 33.8 Å². The summed E-state index contributed by atoms with van der Waals surface area (Å²) in [5.41, 5.74) is 2.85. The number of aliphatic hydroxyl groups is 1. The van der Waals surface area contributed by atoms with Crippen molar-refractivity contribution in [3.63, 3.8) is 0 Å². The first-order valence-electron chi connectivity index (χ1n) is 12.1. The molecule has 0 radical (unpaired) electrons. The normalized spacial score (nSPS) is 14.7. The zero-order valence-electron chi connectivity index (χ0n) is 20.3. The highest BCUT2D eigenvalue weighted by Crippen LogP contribution is 2.41. The van der Waals surface area contributed by atoms with Crippen LogP contribution in [0.2, 0.25) is 0 Å². The van der Waals surface area contributed by atoms with Crippen molar-refractivity contribution in [1.82, 2.24) is 19.9 Å². The second kappa shape index (κ2) is 10.2. The fraction of sp³-hybridized carbons (Fsp3) is 0.538. The molecule has 1 aliphatic rings. The molecule has 1 aliphatic carbocycles. The number of hydrogen-bond acceptors (Lipinski definition) is 6. The van der Waals surface area contributed by atoms with E-state index in [1.165, 1.54) is 6.07 Å². The molecule has 2 heterocycles. The van der Waals surface area contributed by atoms with Gasteiger partial charge < -0.3 is 14.2 Å². The SMILES string of the molecule is Cc1c(F)ccc(CC(=O)C[C@H](CCO)c2nnc(-c3cc(CC(C)C)on3)n2C2CC2)c1C. The van der Waals surface area contributed by atoms with Gasteiger partial charge in [0, 0.05) is 43.9 Å². The lowest BCUT2D eigenvalue weighted by atomic mass is 9.92. The van der Waals surface area contributed by atoms with Crippen molar-refractivity contribution >= 4 is 5.78 Å². The monoisotopic (exact) mass is 468 g/mol. The fourth-order valence-electron chi connectivity index (χ4n) is 4.44. The predicted molar refractivity (Wildman–Crippen MR) is 126 cm³/mol. The van der Waals surface area contributed by atoms with Gasteiger partial charge in [0.25, 0.3) is 0 Å². The number of aliphatic hydroxyl groups excluding tert-OH is 1. The van der Waals surface area contributed by atoms with Crippen molar-refractivity contribution < 1.29 is 18.8 Å². The van der Waals surface area contributed by atoms with Gasteiger partial charge in [-0.25, -0.2) is 4.39 Å². The van der Waals surface area contributed by atoms with E-state index in [1.54, 1.807) is 13.0 Å². The van der Waals surface area contributed by atoms with E-state index in [4.69, 9.17) is 4.52 Å². The number of Topliss-reactive ketones (excluding diaryl/α,β-unsaturated/α-hetero) is 1. The number of aromatic nitrogens is 4. The topological polar surface area (TPSA) is 94.0 Å². The molecule has 8 heteroatoms. The summed E-state index contributed by atoms with van der Waals surface area (Å²) >= 11 is 0. The zero-order valence-corrected chi connectivity index (χ0v) is 20.3. The van der Waals surface area contributed by atoms with E-state index in [1.807, 2.05) is 13.0 Å². The summed E-state index contributed by atoms with van der Waals surface area (Å²) in [6.07, 6.45) is 3.70. The number of ketones is 1.